The lowest BCUT2D eigenvalue weighted by molar-refractivity contribution is -0.157. The van der Waals surface area contributed by atoms with E-state index in [1.165, 1.54) is 0 Å². The largest absolute Gasteiger partial charge is 0.465 e. The normalized spacial score (nSPS) is 12.0. The molecule has 1 atom stereocenters. The molecule has 0 fully saturated rings. The highest BCUT2D eigenvalue weighted by molar-refractivity contribution is 6.01. The maximum Gasteiger partial charge on any atom is 0.325 e. The number of carbonyl (C=O) groups excluding carboxylic acids is 2. The average molecular weight is 367 g/mol. The SMILES string of the molecule is CCOC(=O)C(CC)C(=O)Oc1cccc2c(-c3ncc(C)o3)cccc12. The molecule has 27 heavy (non-hydrogen) atoms. The Balaban J connectivity index is 1.96. The first-order chi connectivity index (χ1) is 13.0. The Hall–Kier alpha value is -3.15. The van der Waals surface area contributed by atoms with Crippen molar-refractivity contribution in [2.45, 2.75) is 27.2 Å². The Morgan fingerprint density at radius 2 is 1.81 bits per heavy atom. The topological polar surface area (TPSA) is 78.6 Å². The Bertz CT molecular complexity index is 976. The summed E-state index contributed by atoms with van der Waals surface area (Å²) in [6, 6.07) is 11.0. The molecule has 0 bridgehead atoms. The van der Waals surface area contributed by atoms with Crippen molar-refractivity contribution >= 4 is 22.7 Å². The number of ether oxygens (including phenoxy) is 2. The zero-order chi connectivity index (χ0) is 19.4. The molecule has 0 N–H and O–H groups in total. The van der Waals surface area contributed by atoms with Gasteiger partial charge < -0.3 is 13.9 Å². The molecule has 0 aliphatic rings. The molecule has 0 saturated carbocycles. The summed E-state index contributed by atoms with van der Waals surface area (Å²) in [5, 5.41) is 1.58. The molecule has 0 aliphatic carbocycles. The monoisotopic (exact) mass is 367 g/mol. The molecule has 1 aromatic heterocycles. The minimum atomic E-state index is -0.947. The molecule has 3 rings (SSSR count). The van der Waals surface area contributed by atoms with Gasteiger partial charge in [0.1, 0.15) is 11.5 Å². The summed E-state index contributed by atoms with van der Waals surface area (Å²) in [7, 11) is 0. The fraction of sp³-hybridized carbons (Fsp3) is 0.286. The van der Waals surface area contributed by atoms with Gasteiger partial charge in [-0.15, -0.1) is 0 Å². The van der Waals surface area contributed by atoms with Crippen molar-refractivity contribution in [2.75, 3.05) is 6.61 Å². The van der Waals surface area contributed by atoms with Crippen LogP contribution in [-0.4, -0.2) is 23.5 Å². The van der Waals surface area contributed by atoms with Gasteiger partial charge in [0.15, 0.2) is 5.92 Å². The lowest BCUT2D eigenvalue weighted by atomic mass is 10.0. The summed E-state index contributed by atoms with van der Waals surface area (Å²) in [4.78, 5) is 28.8. The Morgan fingerprint density at radius 3 is 2.48 bits per heavy atom. The van der Waals surface area contributed by atoms with E-state index in [1.54, 1.807) is 32.2 Å². The highest BCUT2D eigenvalue weighted by Gasteiger charge is 2.28. The van der Waals surface area contributed by atoms with Crippen molar-refractivity contribution in [3.8, 4) is 17.2 Å². The molecule has 0 saturated heterocycles. The maximum atomic E-state index is 12.5. The fourth-order valence-corrected chi connectivity index (χ4v) is 2.89. The van der Waals surface area contributed by atoms with Crippen LogP contribution in [0.3, 0.4) is 0 Å². The minimum absolute atomic E-state index is 0.218. The Morgan fingerprint density at radius 1 is 1.07 bits per heavy atom. The zero-order valence-corrected chi connectivity index (χ0v) is 15.5. The second-order valence-electron chi connectivity index (χ2n) is 6.07. The summed E-state index contributed by atoms with van der Waals surface area (Å²) >= 11 is 0. The highest BCUT2D eigenvalue weighted by atomic mass is 16.6. The second kappa shape index (κ2) is 8.03. The van der Waals surface area contributed by atoms with Crippen LogP contribution in [0.5, 0.6) is 5.75 Å². The van der Waals surface area contributed by atoms with Crippen molar-refractivity contribution in [3.05, 3.63) is 48.4 Å². The van der Waals surface area contributed by atoms with Gasteiger partial charge in [0.05, 0.1) is 12.8 Å². The molecule has 0 aliphatic heterocycles. The van der Waals surface area contributed by atoms with Crippen LogP contribution in [0.15, 0.2) is 47.0 Å². The van der Waals surface area contributed by atoms with Crippen LogP contribution in [0.1, 0.15) is 26.0 Å². The summed E-state index contributed by atoms with van der Waals surface area (Å²) < 4.78 is 16.1. The van der Waals surface area contributed by atoms with E-state index in [-0.39, 0.29) is 6.61 Å². The zero-order valence-electron chi connectivity index (χ0n) is 15.5. The molecule has 2 aromatic carbocycles. The van der Waals surface area contributed by atoms with E-state index in [2.05, 4.69) is 4.98 Å². The quantitative estimate of drug-likeness (QED) is 0.367. The molecule has 6 heteroatoms. The van der Waals surface area contributed by atoms with E-state index in [9.17, 15) is 9.59 Å². The van der Waals surface area contributed by atoms with E-state index in [1.807, 2.05) is 31.2 Å². The molecule has 0 amide bonds. The first-order valence-corrected chi connectivity index (χ1v) is 8.88. The van der Waals surface area contributed by atoms with Crippen molar-refractivity contribution in [1.29, 1.82) is 0 Å². The number of carbonyl (C=O) groups is 2. The average Bonchev–Trinajstić information content (AvgIpc) is 3.08. The number of oxazole rings is 1. The standard InChI is InChI=1S/C21H21NO5/c1-4-14(20(23)25-5-2)21(24)27-18-11-7-8-15-16(18)9-6-10-17(15)19-22-12-13(3)26-19/h6-12,14H,4-5H2,1-3H3. The van der Waals surface area contributed by atoms with Gasteiger partial charge in [-0.1, -0.05) is 31.2 Å². The Kier molecular flexibility index (Phi) is 5.54. The van der Waals surface area contributed by atoms with E-state index in [0.717, 1.165) is 16.3 Å². The van der Waals surface area contributed by atoms with Crippen LogP contribution in [-0.2, 0) is 14.3 Å². The minimum Gasteiger partial charge on any atom is -0.465 e. The van der Waals surface area contributed by atoms with Gasteiger partial charge in [-0.05, 0) is 37.8 Å². The number of rotatable bonds is 6. The van der Waals surface area contributed by atoms with Crippen molar-refractivity contribution < 1.29 is 23.5 Å². The lowest BCUT2D eigenvalue weighted by Gasteiger charge is -2.14. The number of aryl methyl sites for hydroxylation is 1. The number of aromatic nitrogens is 1. The van der Waals surface area contributed by atoms with Crippen molar-refractivity contribution in [2.24, 2.45) is 5.92 Å². The predicted molar refractivity (Wildman–Crippen MR) is 100 cm³/mol. The summed E-state index contributed by atoms with van der Waals surface area (Å²) in [5.41, 5.74) is 0.802. The summed E-state index contributed by atoms with van der Waals surface area (Å²) in [5.74, 6) is -0.547. The van der Waals surface area contributed by atoms with Gasteiger partial charge in [0.2, 0.25) is 5.89 Å². The smallest absolute Gasteiger partial charge is 0.325 e. The van der Waals surface area contributed by atoms with Crippen molar-refractivity contribution in [3.63, 3.8) is 0 Å². The maximum absolute atomic E-state index is 12.5. The van der Waals surface area contributed by atoms with Gasteiger partial charge in [0, 0.05) is 10.9 Å². The number of hydrogen-bond acceptors (Lipinski definition) is 6. The molecule has 1 heterocycles. The first kappa shape index (κ1) is 18.6. The van der Waals surface area contributed by atoms with Crippen LogP contribution in [0, 0.1) is 12.8 Å². The van der Waals surface area contributed by atoms with Crippen LogP contribution in [0.25, 0.3) is 22.2 Å². The number of nitrogens with zero attached hydrogens (tertiary/aromatic N) is 1. The molecule has 3 aromatic rings. The van der Waals surface area contributed by atoms with E-state index < -0.39 is 17.9 Å². The first-order valence-electron chi connectivity index (χ1n) is 8.88. The van der Waals surface area contributed by atoms with Crippen LogP contribution < -0.4 is 4.74 Å². The lowest BCUT2D eigenvalue weighted by Crippen LogP contribution is -2.29. The third-order valence-electron chi connectivity index (χ3n) is 4.21. The Labute approximate surface area is 157 Å². The summed E-state index contributed by atoms with van der Waals surface area (Å²) in [6.45, 7) is 5.49. The molecule has 0 radical (unpaired) electrons. The molecule has 6 nitrogen and oxygen atoms in total. The number of hydrogen-bond donors (Lipinski definition) is 0. The number of fused-ring (bicyclic) bond motifs is 1. The summed E-state index contributed by atoms with van der Waals surface area (Å²) in [6.07, 6.45) is 1.96. The second-order valence-corrected chi connectivity index (χ2v) is 6.07. The van der Waals surface area contributed by atoms with Crippen LogP contribution in [0.2, 0.25) is 0 Å². The fourth-order valence-electron chi connectivity index (χ4n) is 2.89. The van der Waals surface area contributed by atoms with E-state index >= 15 is 0 Å². The van der Waals surface area contributed by atoms with Gasteiger partial charge >= 0.3 is 11.9 Å². The third kappa shape index (κ3) is 3.84. The van der Waals surface area contributed by atoms with Gasteiger partial charge in [0.25, 0.3) is 0 Å². The number of esters is 2. The van der Waals surface area contributed by atoms with Crippen molar-refractivity contribution in [1.82, 2.24) is 4.98 Å². The molecular formula is C21H21NO5. The predicted octanol–water partition coefficient (Wildman–Crippen LogP) is 4.30. The van der Waals surface area contributed by atoms with Gasteiger partial charge in [-0.25, -0.2) is 4.98 Å². The molecule has 1 unspecified atom stereocenters. The van der Waals surface area contributed by atoms with Crippen LogP contribution in [0.4, 0.5) is 0 Å². The van der Waals surface area contributed by atoms with Gasteiger partial charge in [-0.3, -0.25) is 9.59 Å². The van der Waals surface area contributed by atoms with E-state index in [4.69, 9.17) is 13.9 Å². The van der Waals surface area contributed by atoms with E-state index in [0.29, 0.717) is 23.8 Å². The molecular weight excluding hydrogens is 346 g/mol. The highest BCUT2D eigenvalue weighted by Crippen LogP contribution is 2.33. The van der Waals surface area contributed by atoms with Crippen LogP contribution >= 0.6 is 0 Å². The van der Waals surface area contributed by atoms with Gasteiger partial charge in [-0.2, -0.15) is 0 Å². The molecule has 140 valence electrons. The number of benzene rings is 2. The third-order valence-corrected chi connectivity index (χ3v) is 4.21. The molecule has 0 spiro atoms.